The van der Waals surface area contributed by atoms with Crippen molar-refractivity contribution in [1.29, 1.82) is 0 Å². The Morgan fingerprint density at radius 1 is 1.27 bits per heavy atom. The van der Waals surface area contributed by atoms with E-state index in [4.69, 9.17) is 4.74 Å². The van der Waals surface area contributed by atoms with Gasteiger partial charge in [-0.3, -0.25) is 0 Å². The van der Waals surface area contributed by atoms with E-state index in [0.717, 1.165) is 25.7 Å². The maximum absolute atomic E-state index is 5.48. The minimum absolute atomic E-state index is 0.272. The largest absolute Gasteiger partial charge is 0.381 e. The van der Waals surface area contributed by atoms with Crippen LogP contribution in [0.25, 0.3) is 0 Å². The second kappa shape index (κ2) is 6.49. The van der Waals surface area contributed by atoms with Crippen molar-refractivity contribution in [2.45, 2.75) is 58.4 Å². The number of hydrogen-bond donors (Lipinski definition) is 1. The molecular formula is C13H27NO. The maximum atomic E-state index is 5.48. The fourth-order valence-electron chi connectivity index (χ4n) is 2.06. The molecule has 0 saturated carbocycles. The van der Waals surface area contributed by atoms with Crippen LogP contribution in [0.15, 0.2) is 0 Å². The Labute approximate surface area is 94.8 Å². The molecule has 2 heteroatoms. The molecule has 1 atom stereocenters. The van der Waals surface area contributed by atoms with Crippen molar-refractivity contribution in [3.05, 3.63) is 0 Å². The fourth-order valence-corrected chi connectivity index (χ4v) is 2.06. The van der Waals surface area contributed by atoms with Crippen LogP contribution in [0, 0.1) is 5.92 Å². The van der Waals surface area contributed by atoms with Gasteiger partial charge in [-0.2, -0.15) is 0 Å². The average molecular weight is 213 g/mol. The highest BCUT2D eigenvalue weighted by Crippen LogP contribution is 2.19. The van der Waals surface area contributed by atoms with Crippen molar-refractivity contribution in [2.24, 2.45) is 5.92 Å². The molecule has 1 aliphatic heterocycles. The highest BCUT2D eigenvalue weighted by Gasteiger charge is 2.13. The minimum Gasteiger partial charge on any atom is -0.381 e. The Bertz CT molecular complexity index is 156. The van der Waals surface area contributed by atoms with Crippen molar-refractivity contribution < 1.29 is 4.74 Å². The van der Waals surface area contributed by atoms with Gasteiger partial charge in [0.1, 0.15) is 0 Å². The molecule has 0 amide bonds. The van der Waals surface area contributed by atoms with Crippen LogP contribution in [0.3, 0.4) is 0 Å². The molecule has 0 aliphatic carbocycles. The summed E-state index contributed by atoms with van der Waals surface area (Å²) in [5.41, 5.74) is 0.272. The normalized spacial score (nSPS) is 23.0. The van der Waals surface area contributed by atoms with Crippen molar-refractivity contribution >= 4 is 0 Å². The summed E-state index contributed by atoms with van der Waals surface area (Å²) in [5, 5.41) is 3.53. The summed E-state index contributed by atoms with van der Waals surface area (Å²) in [6.07, 6.45) is 6.65. The lowest BCUT2D eigenvalue weighted by molar-refractivity contribution is 0.0507. The van der Waals surface area contributed by atoms with Crippen LogP contribution in [-0.2, 0) is 4.74 Å². The van der Waals surface area contributed by atoms with Gasteiger partial charge in [0, 0.05) is 18.8 Å². The van der Waals surface area contributed by atoms with Gasteiger partial charge in [-0.1, -0.05) is 6.42 Å². The van der Waals surface area contributed by atoms with E-state index in [1.807, 2.05) is 0 Å². The Hall–Kier alpha value is -0.0800. The first-order valence-electron chi connectivity index (χ1n) is 6.41. The molecule has 2 nitrogen and oxygen atoms in total. The lowest BCUT2D eigenvalue weighted by Crippen LogP contribution is -2.36. The van der Waals surface area contributed by atoms with E-state index in [9.17, 15) is 0 Å². The summed E-state index contributed by atoms with van der Waals surface area (Å²) in [4.78, 5) is 0. The number of unbranched alkanes of at least 4 members (excludes halogenated alkanes) is 1. The summed E-state index contributed by atoms with van der Waals surface area (Å²) in [6.45, 7) is 9.82. The van der Waals surface area contributed by atoms with E-state index in [1.54, 1.807) is 0 Å². The topological polar surface area (TPSA) is 21.3 Å². The first-order valence-corrected chi connectivity index (χ1v) is 6.41. The Morgan fingerprint density at radius 2 is 2.07 bits per heavy atom. The summed E-state index contributed by atoms with van der Waals surface area (Å²) in [6, 6.07) is 0. The zero-order valence-electron chi connectivity index (χ0n) is 10.6. The molecule has 90 valence electrons. The summed E-state index contributed by atoms with van der Waals surface area (Å²) in [5.74, 6) is 0.841. The molecule has 0 bridgehead atoms. The number of nitrogens with one attached hydrogen (secondary N) is 1. The predicted molar refractivity (Wildman–Crippen MR) is 65.1 cm³/mol. The van der Waals surface area contributed by atoms with Crippen LogP contribution in [-0.4, -0.2) is 25.3 Å². The minimum atomic E-state index is 0.272. The molecule has 0 aromatic carbocycles. The summed E-state index contributed by atoms with van der Waals surface area (Å²) < 4.78 is 5.48. The molecule has 0 aromatic rings. The van der Waals surface area contributed by atoms with Gasteiger partial charge in [0.15, 0.2) is 0 Å². The second-order valence-corrected chi connectivity index (χ2v) is 5.76. The number of ether oxygens (including phenoxy) is 1. The van der Waals surface area contributed by atoms with Crippen LogP contribution in [0.5, 0.6) is 0 Å². The smallest absolute Gasteiger partial charge is 0.0494 e. The van der Waals surface area contributed by atoms with E-state index < -0.39 is 0 Å². The molecule has 0 spiro atoms. The third-order valence-electron chi connectivity index (χ3n) is 2.95. The van der Waals surface area contributed by atoms with E-state index >= 15 is 0 Å². The van der Waals surface area contributed by atoms with Crippen LogP contribution in [0.4, 0.5) is 0 Å². The Kier molecular flexibility index (Phi) is 5.62. The standard InChI is InChI=1S/C13H27NO/c1-13(2,3)14-9-5-4-7-12-8-6-10-15-11-12/h12,14H,4-11H2,1-3H3. The molecule has 1 N–H and O–H groups in total. The van der Waals surface area contributed by atoms with Crippen LogP contribution in [0.1, 0.15) is 52.9 Å². The van der Waals surface area contributed by atoms with E-state index in [0.29, 0.717) is 0 Å². The van der Waals surface area contributed by atoms with Gasteiger partial charge in [0.25, 0.3) is 0 Å². The van der Waals surface area contributed by atoms with Crippen LogP contribution >= 0.6 is 0 Å². The quantitative estimate of drug-likeness (QED) is 0.709. The van der Waals surface area contributed by atoms with Gasteiger partial charge in [-0.25, -0.2) is 0 Å². The van der Waals surface area contributed by atoms with Gasteiger partial charge in [0.05, 0.1) is 0 Å². The molecule has 0 aromatic heterocycles. The number of hydrogen-bond acceptors (Lipinski definition) is 2. The third kappa shape index (κ3) is 6.91. The Balaban J connectivity index is 1.92. The van der Waals surface area contributed by atoms with Crippen molar-refractivity contribution in [2.75, 3.05) is 19.8 Å². The average Bonchev–Trinajstić information content (AvgIpc) is 2.17. The SMILES string of the molecule is CC(C)(C)NCCCCC1CCCOC1. The zero-order valence-corrected chi connectivity index (χ0v) is 10.6. The molecule has 1 aliphatic rings. The highest BCUT2D eigenvalue weighted by atomic mass is 16.5. The molecule has 1 rings (SSSR count). The molecule has 1 fully saturated rings. The zero-order chi connectivity index (χ0) is 11.1. The highest BCUT2D eigenvalue weighted by molar-refractivity contribution is 4.70. The van der Waals surface area contributed by atoms with Gasteiger partial charge in [-0.05, 0) is 58.9 Å². The van der Waals surface area contributed by atoms with Gasteiger partial charge in [0.2, 0.25) is 0 Å². The van der Waals surface area contributed by atoms with Crippen LogP contribution < -0.4 is 5.32 Å². The van der Waals surface area contributed by atoms with E-state index in [-0.39, 0.29) is 5.54 Å². The molecular weight excluding hydrogens is 186 g/mol. The summed E-state index contributed by atoms with van der Waals surface area (Å²) in [7, 11) is 0. The van der Waals surface area contributed by atoms with Crippen molar-refractivity contribution in [1.82, 2.24) is 5.32 Å². The molecule has 15 heavy (non-hydrogen) atoms. The van der Waals surface area contributed by atoms with E-state index in [2.05, 4.69) is 26.1 Å². The fraction of sp³-hybridized carbons (Fsp3) is 1.00. The van der Waals surface area contributed by atoms with Gasteiger partial charge < -0.3 is 10.1 Å². The molecule has 0 radical (unpaired) electrons. The molecule has 1 unspecified atom stereocenters. The third-order valence-corrected chi connectivity index (χ3v) is 2.95. The van der Waals surface area contributed by atoms with E-state index in [1.165, 1.54) is 32.1 Å². The molecule has 1 heterocycles. The Morgan fingerprint density at radius 3 is 2.67 bits per heavy atom. The van der Waals surface area contributed by atoms with Crippen molar-refractivity contribution in [3.63, 3.8) is 0 Å². The number of rotatable bonds is 5. The molecule has 1 saturated heterocycles. The first-order chi connectivity index (χ1) is 7.08. The monoisotopic (exact) mass is 213 g/mol. The lowest BCUT2D eigenvalue weighted by atomic mass is 9.96. The first kappa shape index (κ1) is 13.0. The second-order valence-electron chi connectivity index (χ2n) is 5.76. The predicted octanol–water partition coefficient (Wildman–Crippen LogP) is 2.97. The van der Waals surface area contributed by atoms with Gasteiger partial charge in [-0.15, -0.1) is 0 Å². The van der Waals surface area contributed by atoms with Crippen molar-refractivity contribution in [3.8, 4) is 0 Å². The lowest BCUT2D eigenvalue weighted by Gasteiger charge is -2.23. The van der Waals surface area contributed by atoms with Crippen LogP contribution in [0.2, 0.25) is 0 Å². The van der Waals surface area contributed by atoms with Gasteiger partial charge >= 0.3 is 0 Å². The maximum Gasteiger partial charge on any atom is 0.0494 e. The summed E-state index contributed by atoms with van der Waals surface area (Å²) >= 11 is 0.